The molecule has 0 saturated heterocycles. The van der Waals surface area contributed by atoms with Crippen molar-refractivity contribution in [3.05, 3.63) is 101 Å². The molecule has 0 unspecified atom stereocenters. The SMILES string of the molecule is Cc1ccc(S(=O)(=O)N(CC#Cc2ccccc2)CC#Cc2ccc(C(F)(F)F)cc2)cc1. The van der Waals surface area contributed by atoms with Crippen LogP contribution in [0.4, 0.5) is 13.2 Å². The van der Waals surface area contributed by atoms with E-state index in [1.807, 2.05) is 37.3 Å². The highest BCUT2D eigenvalue weighted by Gasteiger charge is 2.29. The Labute approximate surface area is 191 Å². The fourth-order valence-electron chi connectivity index (χ4n) is 2.81. The molecule has 0 amide bonds. The maximum atomic E-state index is 13.1. The van der Waals surface area contributed by atoms with Crippen molar-refractivity contribution >= 4 is 10.0 Å². The van der Waals surface area contributed by atoms with E-state index in [1.54, 1.807) is 12.1 Å². The van der Waals surface area contributed by atoms with Crippen molar-refractivity contribution in [1.82, 2.24) is 4.31 Å². The monoisotopic (exact) mass is 467 g/mol. The summed E-state index contributed by atoms with van der Waals surface area (Å²) < 4.78 is 65.6. The van der Waals surface area contributed by atoms with E-state index in [4.69, 9.17) is 0 Å². The second-order valence-electron chi connectivity index (χ2n) is 7.13. The number of rotatable bonds is 4. The molecule has 3 aromatic carbocycles. The summed E-state index contributed by atoms with van der Waals surface area (Å²) in [6.07, 6.45) is -4.43. The quantitative estimate of drug-likeness (QED) is 0.500. The van der Waals surface area contributed by atoms with Crippen molar-refractivity contribution < 1.29 is 21.6 Å². The summed E-state index contributed by atoms with van der Waals surface area (Å²) in [6, 6.07) is 20.0. The Morgan fingerprint density at radius 2 is 1.27 bits per heavy atom. The predicted octanol–water partition coefficient (Wildman–Crippen LogP) is 5.11. The first kappa shape index (κ1) is 24.1. The van der Waals surface area contributed by atoms with Crippen LogP contribution in [0.15, 0.2) is 83.8 Å². The van der Waals surface area contributed by atoms with Crippen LogP contribution in [0.25, 0.3) is 0 Å². The van der Waals surface area contributed by atoms with Crippen LogP contribution >= 0.6 is 0 Å². The van der Waals surface area contributed by atoms with Crippen LogP contribution < -0.4 is 0 Å². The van der Waals surface area contributed by atoms with Gasteiger partial charge in [-0.05, 0) is 55.5 Å². The van der Waals surface area contributed by atoms with Gasteiger partial charge in [0.05, 0.1) is 23.5 Å². The van der Waals surface area contributed by atoms with Gasteiger partial charge in [0.25, 0.3) is 0 Å². The van der Waals surface area contributed by atoms with Crippen molar-refractivity contribution in [3.63, 3.8) is 0 Å². The number of aryl methyl sites for hydroxylation is 1. The molecule has 0 aliphatic carbocycles. The molecule has 0 atom stereocenters. The summed E-state index contributed by atoms with van der Waals surface area (Å²) in [4.78, 5) is 0.117. The third-order valence-electron chi connectivity index (χ3n) is 4.62. The maximum Gasteiger partial charge on any atom is 0.416 e. The van der Waals surface area contributed by atoms with Gasteiger partial charge in [0, 0.05) is 11.1 Å². The van der Waals surface area contributed by atoms with Gasteiger partial charge in [0.1, 0.15) is 0 Å². The van der Waals surface area contributed by atoms with Crippen LogP contribution in [0.2, 0.25) is 0 Å². The third-order valence-corrected chi connectivity index (χ3v) is 6.43. The highest BCUT2D eigenvalue weighted by molar-refractivity contribution is 7.89. The zero-order valence-corrected chi connectivity index (χ0v) is 18.5. The van der Waals surface area contributed by atoms with Gasteiger partial charge in [-0.25, -0.2) is 8.42 Å². The van der Waals surface area contributed by atoms with E-state index in [0.717, 1.165) is 27.6 Å². The average Bonchev–Trinajstić information content (AvgIpc) is 2.79. The third kappa shape index (κ3) is 6.73. The zero-order chi connectivity index (χ0) is 23.9. The van der Waals surface area contributed by atoms with Gasteiger partial charge in [-0.1, -0.05) is 59.6 Å². The smallest absolute Gasteiger partial charge is 0.207 e. The summed E-state index contributed by atoms with van der Waals surface area (Å²) in [5.41, 5.74) is 1.26. The van der Waals surface area contributed by atoms with Gasteiger partial charge in [-0.15, -0.1) is 0 Å². The largest absolute Gasteiger partial charge is 0.416 e. The summed E-state index contributed by atoms with van der Waals surface area (Å²) in [5.74, 6) is 11.3. The van der Waals surface area contributed by atoms with Crippen molar-refractivity contribution in [2.45, 2.75) is 18.0 Å². The number of benzene rings is 3. The Morgan fingerprint density at radius 1 is 0.758 bits per heavy atom. The molecule has 168 valence electrons. The Kier molecular flexibility index (Phi) is 7.60. The minimum absolute atomic E-state index is 0.0905. The molecule has 0 aliphatic heterocycles. The van der Waals surface area contributed by atoms with Crippen molar-refractivity contribution in [2.75, 3.05) is 13.1 Å². The van der Waals surface area contributed by atoms with Gasteiger partial charge in [-0.3, -0.25) is 0 Å². The van der Waals surface area contributed by atoms with Crippen LogP contribution in [0.1, 0.15) is 22.3 Å². The molecule has 0 heterocycles. The van der Waals surface area contributed by atoms with Crippen LogP contribution in [0.5, 0.6) is 0 Å². The molecule has 0 aromatic heterocycles. The first-order valence-electron chi connectivity index (χ1n) is 9.93. The minimum atomic E-state index is -4.43. The average molecular weight is 468 g/mol. The molecule has 0 fully saturated rings. The second kappa shape index (κ2) is 10.4. The van der Waals surface area contributed by atoms with Crippen molar-refractivity contribution in [3.8, 4) is 23.7 Å². The molecule has 3 rings (SSSR count). The van der Waals surface area contributed by atoms with E-state index in [-0.39, 0.29) is 18.0 Å². The van der Waals surface area contributed by atoms with E-state index >= 15 is 0 Å². The fourth-order valence-corrected chi connectivity index (χ4v) is 4.06. The first-order chi connectivity index (χ1) is 15.7. The van der Waals surface area contributed by atoms with Gasteiger partial charge < -0.3 is 0 Å². The first-order valence-corrected chi connectivity index (χ1v) is 11.4. The second-order valence-corrected chi connectivity index (χ2v) is 9.07. The normalized spacial score (nSPS) is 11.3. The number of sulfonamides is 1. The molecule has 0 spiro atoms. The zero-order valence-electron chi connectivity index (χ0n) is 17.7. The van der Waals surface area contributed by atoms with E-state index in [1.165, 1.54) is 24.3 Å². The molecule has 0 N–H and O–H groups in total. The van der Waals surface area contributed by atoms with E-state index in [0.29, 0.717) is 5.56 Å². The van der Waals surface area contributed by atoms with Crippen molar-refractivity contribution in [2.24, 2.45) is 0 Å². The standard InChI is InChI=1S/C26H20F3NO2S/c1-21-11-17-25(18-12-21)33(31,32)30(19-5-9-22-7-3-2-4-8-22)20-6-10-23-13-15-24(16-14-23)26(27,28)29/h2-4,7-8,11-18H,19-20H2,1H3. The summed E-state index contributed by atoms with van der Waals surface area (Å²) in [5, 5.41) is 0. The molecule has 33 heavy (non-hydrogen) atoms. The minimum Gasteiger partial charge on any atom is -0.207 e. The molecule has 0 aliphatic rings. The van der Waals surface area contributed by atoms with E-state index in [2.05, 4.69) is 23.7 Å². The number of hydrogen-bond acceptors (Lipinski definition) is 2. The lowest BCUT2D eigenvalue weighted by molar-refractivity contribution is -0.137. The Morgan fingerprint density at radius 3 is 1.79 bits per heavy atom. The molecule has 0 saturated carbocycles. The van der Waals surface area contributed by atoms with Gasteiger partial charge in [0.2, 0.25) is 10.0 Å². The van der Waals surface area contributed by atoms with Gasteiger partial charge in [-0.2, -0.15) is 17.5 Å². The lowest BCUT2D eigenvalue weighted by Gasteiger charge is -2.17. The van der Waals surface area contributed by atoms with Crippen molar-refractivity contribution in [1.29, 1.82) is 0 Å². The summed E-state index contributed by atoms with van der Waals surface area (Å²) in [6.45, 7) is 1.60. The number of hydrogen-bond donors (Lipinski definition) is 0. The highest BCUT2D eigenvalue weighted by Crippen LogP contribution is 2.28. The van der Waals surface area contributed by atoms with Crippen LogP contribution in [-0.2, 0) is 16.2 Å². The predicted molar refractivity (Wildman–Crippen MR) is 122 cm³/mol. The molecular formula is C26H20F3NO2S. The molecule has 0 radical (unpaired) electrons. The Hall–Kier alpha value is -3.52. The Bertz CT molecular complexity index is 1310. The van der Waals surface area contributed by atoms with E-state index < -0.39 is 21.8 Å². The molecule has 3 aromatic rings. The highest BCUT2D eigenvalue weighted by atomic mass is 32.2. The van der Waals surface area contributed by atoms with Crippen LogP contribution in [-0.4, -0.2) is 25.8 Å². The number of nitrogens with zero attached hydrogens (tertiary/aromatic N) is 1. The number of alkyl halides is 3. The summed E-state index contributed by atoms with van der Waals surface area (Å²) in [7, 11) is -3.87. The van der Waals surface area contributed by atoms with Gasteiger partial charge >= 0.3 is 6.18 Å². The summed E-state index contributed by atoms with van der Waals surface area (Å²) >= 11 is 0. The van der Waals surface area contributed by atoms with Crippen LogP contribution in [0.3, 0.4) is 0 Å². The van der Waals surface area contributed by atoms with Crippen LogP contribution in [0, 0.1) is 30.6 Å². The van der Waals surface area contributed by atoms with Gasteiger partial charge in [0.15, 0.2) is 0 Å². The molecule has 7 heteroatoms. The topological polar surface area (TPSA) is 37.4 Å². The molecular weight excluding hydrogens is 447 g/mol. The number of halogens is 3. The molecule has 0 bridgehead atoms. The maximum absolute atomic E-state index is 13.1. The van der Waals surface area contributed by atoms with E-state index in [9.17, 15) is 21.6 Å². The Balaban J connectivity index is 1.84. The lowest BCUT2D eigenvalue weighted by atomic mass is 10.1. The lowest BCUT2D eigenvalue weighted by Crippen LogP contribution is -2.32. The fraction of sp³-hybridized carbons (Fsp3) is 0.154. The molecule has 3 nitrogen and oxygen atoms in total.